The highest BCUT2D eigenvalue weighted by Crippen LogP contribution is 2.33. The summed E-state index contributed by atoms with van der Waals surface area (Å²) in [5.74, 6) is -0.0810. The number of halogens is 1. The molecule has 1 saturated heterocycles. The first-order valence-corrected chi connectivity index (χ1v) is 14.4. The molecule has 2 aliphatic rings. The normalized spacial score (nSPS) is 15.8. The summed E-state index contributed by atoms with van der Waals surface area (Å²) in [6.07, 6.45) is 0.701. The highest BCUT2D eigenvalue weighted by Gasteiger charge is 2.29. The average Bonchev–Trinajstić information content (AvgIpc) is 3.43. The van der Waals surface area contributed by atoms with Crippen LogP contribution >= 0.6 is 11.3 Å². The summed E-state index contributed by atoms with van der Waals surface area (Å²) in [6, 6.07) is 18.5. The van der Waals surface area contributed by atoms with E-state index < -0.39 is 6.16 Å². The van der Waals surface area contributed by atoms with Crippen LogP contribution in [0.15, 0.2) is 66.0 Å². The second-order valence-corrected chi connectivity index (χ2v) is 11.1. The van der Waals surface area contributed by atoms with Crippen molar-refractivity contribution in [2.24, 2.45) is 0 Å². The van der Waals surface area contributed by atoms with Crippen molar-refractivity contribution in [1.82, 2.24) is 4.90 Å². The van der Waals surface area contributed by atoms with E-state index in [1.807, 2.05) is 36.6 Å². The molecule has 7 nitrogen and oxygen atoms in total. The van der Waals surface area contributed by atoms with Crippen LogP contribution in [0.25, 0.3) is 10.1 Å². The average molecular weight is 560 g/mol. The molecular formula is C31H30FN3O4S. The topological polar surface area (TPSA) is 62.3 Å². The SMILES string of the molecule is Cc1ccccc1OC(=O)ON1C(=O)CCc2ccc(CCN3CCN(c4cc(F)cc5sccc45)CC3)cc21. The van der Waals surface area contributed by atoms with Gasteiger partial charge in [-0.3, -0.25) is 14.5 Å². The van der Waals surface area contributed by atoms with Crippen molar-refractivity contribution in [1.29, 1.82) is 0 Å². The lowest BCUT2D eigenvalue weighted by molar-refractivity contribution is -0.124. The minimum atomic E-state index is -0.947. The Kier molecular flexibility index (Phi) is 7.40. The lowest BCUT2D eigenvalue weighted by Gasteiger charge is -2.36. The van der Waals surface area contributed by atoms with E-state index in [1.54, 1.807) is 35.6 Å². The van der Waals surface area contributed by atoms with Crippen molar-refractivity contribution in [3.63, 3.8) is 0 Å². The number of hydroxylamine groups is 1. The van der Waals surface area contributed by atoms with Crippen LogP contribution in [0.2, 0.25) is 0 Å². The van der Waals surface area contributed by atoms with Crippen LogP contribution in [0.4, 0.5) is 20.6 Å². The Bertz CT molecular complexity index is 1560. The first-order valence-electron chi connectivity index (χ1n) is 13.5. The summed E-state index contributed by atoms with van der Waals surface area (Å²) in [5, 5.41) is 4.19. The van der Waals surface area contributed by atoms with Gasteiger partial charge in [-0.25, -0.2) is 9.18 Å². The van der Waals surface area contributed by atoms with Crippen LogP contribution in [0, 0.1) is 12.7 Å². The molecule has 1 fully saturated rings. The molecular weight excluding hydrogens is 529 g/mol. The van der Waals surface area contributed by atoms with Gasteiger partial charge < -0.3 is 9.64 Å². The van der Waals surface area contributed by atoms with E-state index in [0.717, 1.165) is 76.7 Å². The highest BCUT2D eigenvalue weighted by molar-refractivity contribution is 7.17. The minimum absolute atomic E-state index is 0.195. The molecule has 0 bridgehead atoms. The maximum Gasteiger partial charge on any atom is 0.539 e. The standard InChI is InChI=1S/C31H30FN3O4S/c1-21-4-2-3-5-28(21)38-31(37)39-35-26-18-22(6-7-23(26)8-9-30(35)36)10-12-33-13-15-34(16-14-33)27-19-24(32)20-29-25(27)11-17-40-29/h2-7,11,17-20H,8-10,12-16H2,1H3. The van der Waals surface area contributed by atoms with Crippen LogP contribution in [-0.2, 0) is 22.5 Å². The number of hydrogen-bond donors (Lipinski definition) is 0. The molecule has 2 aliphatic heterocycles. The number of anilines is 2. The van der Waals surface area contributed by atoms with Gasteiger partial charge in [-0.1, -0.05) is 30.3 Å². The van der Waals surface area contributed by atoms with E-state index in [9.17, 15) is 14.0 Å². The number of hydrogen-bond acceptors (Lipinski definition) is 7. The zero-order valence-electron chi connectivity index (χ0n) is 22.3. The third kappa shape index (κ3) is 5.52. The van der Waals surface area contributed by atoms with Crippen LogP contribution in [0.3, 0.4) is 0 Å². The molecule has 0 N–H and O–H groups in total. The smallest absolute Gasteiger partial charge is 0.393 e. The fraction of sp³-hybridized carbons (Fsp3) is 0.290. The van der Waals surface area contributed by atoms with Gasteiger partial charge in [0.1, 0.15) is 11.6 Å². The van der Waals surface area contributed by atoms with Gasteiger partial charge in [0.15, 0.2) is 0 Å². The van der Waals surface area contributed by atoms with E-state index in [0.29, 0.717) is 17.9 Å². The van der Waals surface area contributed by atoms with Crippen molar-refractivity contribution in [2.45, 2.75) is 26.2 Å². The molecule has 0 spiro atoms. The number of fused-ring (bicyclic) bond motifs is 2. The van der Waals surface area contributed by atoms with Crippen LogP contribution in [0.5, 0.6) is 5.75 Å². The predicted molar refractivity (Wildman–Crippen MR) is 155 cm³/mol. The first-order chi connectivity index (χ1) is 19.4. The van der Waals surface area contributed by atoms with Crippen molar-refractivity contribution < 1.29 is 23.6 Å². The number of piperazine rings is 1. The van der Waals surface area contributed by atoms with Crippen molar-refractivity contribution in [3.05, 3.63) is 88.6 Å². The Balaban J connectivity index is 1.08. The van der Waals surface area contributed by atoms with Crippen molar-refractivity contribution in [3.8, 4) is 5.75 Å². The van der Waals surface area contributed by atoms with Gasteiger partial charge in [-0.05, 0) is 72.2 Å². The Morgan fingerprint density at radius 1 is 0.975 bits per heavy atom. The predicted octanol–water partition coefficient (Wildman–Crippen LogP) is 6.12. The first kappa shape index (κ1) is 26.3. The van der Waals surface area contributed by atoms with E-state index in [4.69, 9.17) is 9.57 Å². The molecule has 1 aromatic heterocycles. The number of para-hydroxylation sites is 1. The van der Waals surface area contributed by atoms with Crippen LogP contribution < -0.4 is 14.7 Å². The number of aryl methyl sites for hydroxylation is 2. The Labute approximate surface area is 236 Å². The molecule has 1 amide bonds. The van der Waals surface area contributed by atoms with Gasteiger partial charge in [0.05, 0.1) is 5.69 Å². The number of ether oxygens (including phenoxy) is 1. The number of carbonyl (C=O) groups excluding carboxylic acids is 2. The maximum atomic E-state index is 14.2. The number of carbonyl (C=O) groups is 2. The molecule has 0 unspecified atom stereocenters. The summed E-state index contributed by atoms with van der Waals surface area (Å²) in [7, 11) is 0. The fourth-order valence-corrected chi connectivity index (χ4v) is 6.21. The zero-order valence-corrected chi connectivity index (χ0v) is 23.1. The van der Waals surface area contributed by atoms with Gasteiger partial charge in [-0.15, -0.1) is 16.4 Å². The van der Waals surface area contributed by atoms with Gasteiger partial charge in [0.2, 0.25) is 0 Å². The summed E-state index contributed by atoms with van der Waals surface area (Å²) < 4.78 is 20.5. The van der Waals surface area contributed by atoms with Crippen LogP contribution in [0.1, 0.15) is 23.1 Å². The minimum Gasteiger partial charge on any atom is -0.393 e. The van der Waals surface area contributed by atoms with Gasteiger partial charge in [0.25, 0.3) is 5.91 Å². The second kappa shape index (κ2) is 11.3. The largest absolute Gasteiger partial charge is 0.539 e. The quantitative estimate of drug-likeness (QED) is 0.209. The molecule has 0 saturated carbocycles. The molecule has 0 radical (unpaired) electrons. The van der Waals surface area contributed by atoms with E-state index in [1.165, 1.54) is 0 Å². The molecule has 0 aliphatic carbocycles. The summed E-state index contributed by atoms with van der Waals surface area (Å²) in [5.41, 5.74) is 4.36. The molecule has 4 aromatic rings. The molecule has 3 aromatic carbocycles. The van der Waals surface area contributed by atoms with Gasteiger partial charge in [0, 0.05) is 54.9 Å². The third-order valence-electron chi connectivity index (χ3n) is 7.60. The Morgan fingerprint density at radius 2 is 1.80 bits per heavy atom. The summed E-state index contributed by atoms with van der Waals surface area (Å²) >= 11 is 1.56. The zero-order chi connectivity index (χ0) is 27.6. The van der Waals surface area contributed by atoms with E-state index in [-0.39, 0.29) is 18.1 Å². The summed E-state index contributed by atoms with van der Waals surface area (Å²) in [6.45, 7) is 6.11. The number of nitrogens with zero attached hydrogens (tertiary/aromatic N) is 3. The lowest BCUT2D eigenvalue weighted by atomic mass is 9.99. The number of amides is 1. The molecule has 40 heavy (non-hydrogen) atoms. The number of benzene rings is 3. The van der Waals surface area contributed by atoms with Crippen LogP contribution in [-0.4, -0.2) is 49.7 Å². The number of rotatable bonds is 6. The molecule has 9 heteroatoms. The third-order valence-corrected chi connectivity index (χ3v) is 8.46. The molecule has 6 rings (SSSR count). The second-order valence-electron chi connectivity index (χ2n) is 10.2. The van der Waals surface area contributed by atoms with Gasteiger partial charge >= 0.3 is 6.16 Å². The summed E-state index contributed by atoms with van der Waals surface area (Å²) in [4.78, 5) is 35.3. The van der Waals surface area contributed by atoms with Crippen molar-refractivity contribution >= 4 is 44.9 Å². The maximum absolute atomic E-state index is 14.2. The number of thiophene rings is 1. The molecule has 0 atom stereocenters. The van der Waals surface area contributed by atoms with Gasteiger partial charge in [-0.2, -0.15) is 0 Å². The van der Waals surface area contributed by atoms with Crippen molar-refractivity contribution in [2.75, 3.05) is 42.7 Å². The van der Waals surface area contributed by atoms with E-state index in [2.05, 4.69) is 21.9 Å². The molecule has 206 valence electrons. The monoisotopic (exact) mass is 559 g/mol. The fourth-order valence-electron chi connectivity index (χ4n) is 5.38. The Morgan fingerprint density at radius 3 is 2.62 bits per heavy atom. The lowest BCUT2D eigenvalue weighted by Crippen LogP contribution is -2.47. The molecule has 3 heterocycles. The van der Waals surface area contributed by atoms with E-state index >= 15 is 0 Å². The highest BCUT2D eigenvalue weighted by atomic mass is 32.1. The Hall–Kier alpha value is -3.95.